The van der Waals surface area contributed by atoms with E-state index in [9.17, 15) is 4.79 Å². The normalized spacial score (nSPS) is 10.2. The second-order valence-electron chi connectivity index (χ2n) is 5.56. The molecule has 0 bridgehead atoms. The van der Waals surface area contributed by atoms with E-state index < -0.39 is 0 Å². The highest BCUT2D eigenvalue weighted by Crippen LogP contribution is 2.29. The van der Waals surface area contributed by atoms with E-state index in [-0.39, 0.29) is 11.6 Å². The topological polar surface area (TPSA) is 72.5 Å². The van der Waals surface area contributed by atoms with Crippen molar-refractivity contribution in [3.05, 3.63) is 71.5 Å². The molecule has 6 nitrogen and oxygen atoms in total. The van der Waals surface area contributed by atoms with Crippen LogP contribution in [-0.4, -0.2) is 25.1 Å². The van der Waals surface area contributed by atoms with Crippen LogP contribution < -0.4 is 20.1 Å². The zero-order valence-electron chi connectivity index (χ0n) is 14.8. The molecule has 0 saturated carbocycles. The Labute approximate surface area is 162 Å². The molecule has 1 heterocycles. The molecule has 0 aliphatic heterocycles. The predicted molar refractivity (Wildman–Crippen MR) is 106 cm³/mol. The van der Waals surface area contributed by atoms with Gasteiger partial charge in [-0.2, -0.15) is 0 Å². The second kappa shape index (κ2) is 8.42. The Bertz CT molecular complexity index is 945. The molecule has 0 unspecified atom stereocenters. The van der Waals surface area contributed by atoms with Crippen LogP contribution in [-0.2, 0) is 0 Å². The molecule has 2 N–H and O–H groups in total. The van der Waals surface area contributed by atoms with Crippen LogP contribution in [0.1, 0.15) is 10.5 Å². The van der Waals surface area contributed by atoms with Crippen LogP contribution >= 0.6 is 11.6 Å². The zero-order chi connectivity index (χ0) is 19.2. The highest BCUT2D eigenvalue weighted by molar-refractivity contribution is 6.33. The van der Waals surface area contributed by atoms with Crippen molar-refractivity contribution < 1.29 is 14.3 Å². The smallest absolute Gasteiger partial charge is 0.274 e. The lowest BCUT2D eigenvalue weighted by atomic mass is 10.2. The van der Waals surface area contributed by atoms with Crippen molar-refractivity contribution in [1.29, 1.82) is 0 Å². The highest BCUT2D eigenvalue weighted by atomic mass is 35.5. The Hall–Kier alpha value is -3.25. The summed E-state index contributed by atoms with van der Waals surface area (Å²) in [6, 6.07) is 15.9. The van der Waals surface area contributed by atoms with Crippen molar-refractivity contribution in [3.63, 3.8) is 0 Å². The zero-order valence-corrected chi connectivity index (χ0v) is 15.6. The average molecular weight is 384 g/mol. The Morgan fingerprint density at radius 1 is 1.00 bits per heavy atom. The molecule has 0 aliphatic rings. The molecule has 1 aromatic heterocycles. The standard InChI is InChI=1S/C20H18ClN3O3/c1-26-14-8-10-19(27-2)18(11-14)24-20(25)17-9-7-13(12-22-17)23-16-6-4-3-5-15(16)21/h3-12,23H,1-2H3,(H,24,25). The summed E-state index contributed by atoms with van der Waals surface area (Å²) in [6.45, 7) is 0. The quantitative estimate of drug-likeness (QED) is 0.642. The van der Waals surface area contributed by atoms with Crippen LogP contribution in [0.5, 0.6) is 11.5 Å². The number of pyridine rings is 1. The molecule has 2 aromatic carbocycles. The number of benzene rings is 2. The number of carbonyl (C=O) groups is 1. The number of hydrogen-bond donors (Lipinski definition) is 2. The summed E-state index contributed by atoms with van der Waals surface area (Å²) in [5, 5.41) is 6.54. The van der Waals surface area contributed by atoms with E-state index in [0.29, 0.717) is 22.2 Å². The molecule has 0 atom stereocenters. The van der Waals surface area contributed by atoms with Gasteiger partial charge in [0.2, 0.25) is 0 Å². The third-order valence-corrected chi connectivity index (χ3v) is 4.13. The van der Waals surface area contributed by atoms with E-state index in [1.54, 1.807) is 49.7 Å². The van der Waals surface area contributed by atoms with Crippen molar-refractivity contribution in [2.45, 2.75) is 0 Å². The van der Waals surface area contributed by atoms with E-state index >= 15 is 0 Å². The molecule has 27 heavy (non-hydrogen) atoms. The van der Waals surface area contributed by atoms with Crippen molar-refractivity contribution in [2.75, 3.05) is 24.9 Å². The number of para-hydroxylation sites is 1. The van der Waals surface area contributed by atoms with E-state index in [4.69, 9.17) is 21.1 Å². The van der Waals surface area contributed by atoms with Crippen LogP contribution in [0.25, 0.3) is 0 Å². The Morgan fingerprint density at radius 3 is 2.48 bits per heavy atom. The third kappa shape index (κ3) is 4.48. The number of nitrogens with zero attached hydrogens (tertiary/aromatic N) is 1. The largest absolute Gasteiger partial charge is 0.497 e. The van der Waals surface area contributed by atoms with Crippen LogP contribution in [0.4, 0.5) is 17.1 Å². The van der Waals surface area contributed by atoms with Crippen molar-refractivity contribution in [1.82, 2.24) is 4.98 Å². The highest BCUT2D eigenvalue weighted by Gasteiger charge is 2.12. The molecular weight excluding hydrogens is 366 g/mol. The first kappa shape index (κ1) is 18.5. The van der Waals surface area contributed by atoms with Crippen molar-refractivity contribution in [3.8, 4) is 11.5 Å². The maximum absolute atomic E-state index is 12.5. The fraction of sp³-hybridized carbons (Fsp3) is 0.100. The minimum absolute atomic E-state index is 0.268. The molecular formula is C20H18ClN3O3. The summed E-state index contributed by atoms with van der Waals surface area (Å²) in [4.78, 5) is 16.7. The molecule has 0 saturated heterocycles. The molecule has 0 radical (unpaired) electrons. The van der Waals surface area contributed by atoms with E-state index in [2.05, 4.69) is 15.6 Å². The predicted octanol–water partition coefficient (Wildman–Crippen LogP) is 4.75. The van der Waals surface area contributed by atoms with Gasteiger partial charge in [-0.05, 0) is 36.4 Å². The van der Waals surface area contributed by atoms with Gasteiger partial charge in [0, 0.05) is 6.07 Å². The fourth-order valence-electron chi connectivity index (χ4n) is 2.42. The maximum atomic E-state index is 12.5. The van der Waals surface area contributed by atoms with Gasteiger partial charge in [0.15, 0.2) is 0 Å². The van der Waals surface area contributed by atoms with E-state index in [1.807, 2.05) is 18.2 Å². The Balaban J connectivity index is 1.74. The van der Waals surface area contributed by atoms with Gasteiger partial charge < -0.3 is 20.1 Å². The van der Waals surface area contributed by atoms with Crippen LogP contribution in [0.2, 0.25) is 5.02 Å². The number of ether oxygens (including phenoxy) is 2. The summed E-state index contributed by atoms with van der Waals surface area (Å²) in [5.41, 5.74) is 2.25. The number of nitrogens with one attached hydrogen (secondary N) is 2. The average Bonchev–Trinajstić information content (AvgIpc) is 2.70. The summed E-state index contributed by atoms with van der Waals surface area (Å²) in [6.07, 6.45) is 1.57. The van der Waals surface area contributed by atoms with Gasteiger partial charge in [0.25, 0.3) is 5.91 Å². The minimum atomic E-state index is -0.356. The summed E-state index contributed by atoms with van der Waals surface area (Å²) in [5.74, 6) is 0.783. The number of carbonyl (C=O) groups excluding carboxylic acids is 1. The minimum Gasteiger partial charge on any atom is -0.497 e. The van der Waals surface area contributed by atoms with Gasteiger partial charge in [-0.1, -0.05) is 23.7 Å². The third-order valence-electron chi connectivity index (χ3n) is 3.80. The van der Waals surface area contributed by atoms with Crippen LogP contribution in [0, 0.1) is 0 Å². The van der Waals surface area contributed by atoms with Gasteiger partial charge in [-0.25, -0.2) is 4.98 Å². The maximum Gasteiger partial charge on any atom is 0.274 e. The number of hydrogen-bond acceptors (Lipinski definition) is 5. The Kier molecular flexibility index (Phi) is 5.78. The van der Waals surface area contributed by atoms with Crippen molar-refractivity contribution >= 4 is 34.6 Å². The molecule has 3 aromatic rings. The van der Waals surface area contributed by atoms with Gasteiger partial charge >= 0.3 is 0 Å². The Morgan fingerprint density at radius 2 is 1.81 bits per heavy atom. The van der Waals surface area contributed by atoms with Gasteiger partial charge in [0.05, 0.1) is 42.5 Å². The van der Waals surface area contributed by atoms with Gasteiger partial charge in [0.1, 0.15) is 17.2 Å². The lowest BCUT2D eigenvalue weighted by molar-refractivity contribution is 0.102. The first-order valence-corrected chi connectivity index (χ1v) is 8.49. The summed E-state index contributed by atoms with van der Waals surface area (Å²) >= 11 is 6.13. The summed E-state index contributed by atoms with van der Waals surface area (Å²) in [7, 11) is 3.09. The number of rotatable bonds is 6. The number of methoxy groups -OCH3 is 2. The fourth-order valence-corrected chi connectivity index (χ4v) is 2.60. The van der Waals surface area contributed by atoms with Crippen molar-refractivity contribution in [2.24, 2.45) is 0 Å². The van der Waals surface area contributed by atoms with Crippen LogP contribution in [0.15, 0.2) is 60.8 Å². The SMILES string of the molecule is COc1ccc(OC)c(NC(=O)c2ccc(Nc3ccccc3Cl)cn2)c1. The molecule has 0 aliphatic carbocycles. The summed E-state index contributed by atoms with van der Waals surface area (Å²) < 4.78 is 10.4. The number of anilines is 3. The number of aromatic nitrogens is 1. The molecule has 138 valence electrons. The van der Waals surface area contributed by atoms with Gasteiger partial charge in [-0.15, -0.1) is 0 Å². The first-order chi connectivity index (χ1) is 13.1. The van der Waals surface area contributed by atoms with E-state index in [1.165, 1.54) is 7.11 Å². The van der Waals surface area contributed by atoms with Crippen LogP contribution in [0.3, 0.4) is 0 Å². The van der Waals surface area contributed by atoms with Gasteiger partial charge in [-0.3, -0.25) is 4.79 Å². The molecule has 3 rings (SSSR count). The molecule has 7 heteroatoms. The lowest BCUT2D eigenvalue weighted by Crippen LogP contribution is -2.14. The molecule has 0 fully saturated rings. The lowest BCUT2D eigenvalue weighted by Gasteiger charge is -2.12. The molecule has 1 amide bonds. The first-order valence-electron chi connectivity index (χ1n) is 8.11. The number of amides is 1. The monoisotopic (exact) mass is 383 g/mol. The molecule has 0 spiro atoms. The van der Waals surface area contributed by atoms with E-state index in [0.717, 1.165) is 11.4 Å². The second-order valence-corrected chi connectivity index (χ2v) is 5.96. The number of halogens is 1.